The summed E-state index contributed by atoms with van der Waals surface area (Å²) in [5.41, 5.74) is 3.53. The summed E-state index contributed by atoms with van der Waals surface area (Å²) in [5, 5.41) is 2.65. The molecule has 0 saturated carbocycles. The molecule has 0 amide bonds. The van der Waals surface area contributed by atoms with E-state index in [1.54, 1.807) is 0 Å². The first kappa shape index (κ1) is 11.2. The maximum atomic E-state index is 12.9. The molecule has 0 aliphatic heterocycles. The van der Waals surface area contributed by atoms with Crippen LogP contribution in [0.4, 0.5) is 22.0 Å². The Bertz CT molecular complexity index is 414. The van der Waals surface area contributed by atoms with Gasteiger partial charge >= 0.3 is 0 Å². The molecule has 0 radical (unpaired) electrons. The van der Waals surface area contributed by atoms with Crippen LogP contribution in [-0.2, 0) is 0 Å². The van der Waals surface area contributed by atoms with E-state index in [2.05, 4.69) is 10.9 Å². The molecule has 15 heavy (non-hydrogen) atoms. The Kier molecular flexibility index (Phi) is 2.78. The van der Waals surface area contributed by atoms with Gasteiger partial charge in [0.25, 0.3) is 0 Å². The minimum atomic E-state index is -2.27. The lowest BCUT2D eigenvalue weighted by Gasteiger charge is -2.06. The number of benzene rings is 1. The smallest absolute Gasteiger partial charge is 0.200 e. The zero-order chi connectivity index (χ0) is 11.7. The molecular weight excluding hydrogens is 221 g/mol. The summed E-state index contributed by atoms with van der Waals surface area (Å²) in [6.07, 6.45) is 0. The SMILES string of the molecule is N/N=C(/N)c1c(F)c(F)c(F)c(F)c1F. The van der Waals surface area contributed by atoms with Gasteiger partial charge in [-0.2, -0.15) is 5.10 Å². The molecule has 0 aromatic heterocycles. The average Bonchev–Trinajstić information content (AvgIpc) is 2.23. The van der Waals surface area contributed by atoms with Gasteiger partial charge in [-0.05, 0) is 0 Å². The minimum Gasteiger partial charge on any atom is -0.382 e. The fraction of sp³-hybridized carbons (Fsp3) is 0. The first-order valence-corrected chi connectivity index (χ1v) is 3.47. The molecule has 0 unspecified atom stereocenters. The number of nitrogens with two attached hydrogens (primary N) is 2. The molecule has 0 fully saturated rings. The predicted molar refractivity (Wildman–Crippen MR) is 41.1 cm³/mol. The van der Waals surface area contributed by atoms with Gasteiger partial charge in [0.1, 0.15) is 0 Å². The highest BCUT2D eigenvalue weighted by Crippen LogP contribution is 2.22. The van der Waals surface area contributed by atoms with Gasteiger partial charge in [0.2, 0.25) is 5.82 Å². The van der Waals surface area contributed by atoms with Crippen LogP contribution in [0.2, 0.25) is 0 Å². The molecule has 0 aliphatic rings. The highest BCUT2D eigenvalue weighted by atomic mass is 19.2. The standard InChI is InChI=1S/C7H4F5N3/c8-2-1(7(13)15-14)3(9)5(11)6(12)4(2)10/h14H2,(H2,13,15). The van der Waals surface area contributed by atoms with Gasteiger partial charge < -0.3 is 11.6 Å². The largest absolute Gasteiger partial charge is 0.382 e. The second kappa shape index (κ2) is 3.71. The summed E-state index contributed by atoms with van der Waals surface area (Å²) >= 11 is 0. The summed E-state index contributed by atoms with van der Waals surface area (Å²) < 4.78 is 63.5. The van der Waals surface area contributed by atoms with Crippen molar-refractivity contribution < 1.29 is 22.0 Å². The molecule has 1 aromatic carbocycles. The maximum absolute atomic E-state index is 12.9. The minimum absolute atomic E-state index is 0.984. The average molecular weight is 225 g/mol. The molecule has 0 spiro atoms. The fourth-order valence-electron chi connectivity index (χ4n) is 0.894. The van der Waals surface area contributed by atoms with Crippen LogP contribution in [-0.4, -0.2) is 5.84 Å². The Hall–Kier alpha value is -1.86. The number of amidine groups is 1. The van der Waals surface area contributed by atoms with Crippen LogP contribution in [0.1, 0.15) is 5.56 Å². The van der Waals surface area contributed by atoms with Gasteiger partial charge in [-0.25, -0.2) is 22.0 Å². The normalized spacial score (nSPS) is 11.9. The van der Waals surface area contributed by atoms with Crippen molar-refractivity contribution >= 4 is 5.84 Å². The molecular formula is C7H4F5N3. The third kappa shape index (κ3) is 1.58. The third-order valence-electron chi connectivity index (χ3n) is 1.61. The summed E-state index contributed by atoms with van der Waals surface area (Å²) in [4.78, 5) is 0. The van der Waals surface area contributed by atoms with Gasteiger partial charge in [-0.3, -0.25) is 0 Å². The van der Waals surface area contributed by atoms with Gasteiger partial charge in [0.15, 0.2) is 29.1 Å². The van der Waals surface area contributed by atoms with Crippen molar-refractivity contribution in [3.8, 4) is 0 Å². The number of halogens is 5. The summed E-state index contributed by atoms with van der Waals surface area (Å²) in [6, 6.07) is 0. The van der Waals surface area contributed by atoms with Crippen LogP contribution in [0.3, 0.4) is 0 Å². The van der Waals surface area contributed by atoms with Crippen molar-refractivity contribution in [2.24, 2.45) is 16.7 Å². The molecule has 1 rings (SSSR count). The molecule has 0 atom stereocenters. The fourth-order valence-corrected chi connectivity index (χ4v) is 0.894. The van der Waals surface area contributed by atoms with Crippen molar-refractivity contribution in [3.63, 3.8) is 0 Å². The lowest BCUT2D eigenvalue weighted by molar-refractivity contribution is 0.377. The van der Waals surface area contributed by atoms with Crippen molar-refractivity contribution in [2.45, 2.75) is 0 Å². The Morgan fingerprint density at radius 3 is 1.47 bits per heavy atom. The summed E-state index contributed by atoms with van der Waals surface area (Å²) in [7, 11) is 0. The molecule has 4 N–H and O–H groups in total. The lowest BCUT2D eigenvalue weighted by Crippen LogP contribution is -2.22. The quantitative estimate of drug-likeness (QED) is 0.142. The van der Waals surface area contributed by atoms with Crippen molar-refractivity contribution in [3.05, 3.63) is 34.6 Å². The number of nitrogens with zero attached hydrogens (tertiary/aromatic N) is 1. The van der Waals surface area contributed by atoms with Gasteiger partial charge in [0.05, 0.1) is 5.56 Å². The molecule has 0 saturated heterocycles. The van der Waals surface area contributed by atoms with E-state index in [4.69, 9.17) is 5.73 Å². The number of hydrazone groups is 1. The van der Waals surface area contributed by atoms with E-state index >= 15 is 0 Å². The zero-order valence-corrected chi connectivity index (χ0v) is 6.99. The van der Waals surface area contributed by atoms with E-state index in [-0.39, 0.29) is 0 Å². The molecule has 0 bridgehead atoms. The van der Waals surface area contributed by atoms with Crippen molar-refractivity contribution in [1.29, 1.82) is 0 Å². The number of hydrogen-bond donors (Lipinski definition) is 2. The first-order chi connectivity index (χ1) is 6.91. The monoisotopic (exact) mass is 225 g/mol. The van der Waals surface area contributed by atoms with Crippen molar-refractivity contribution in [2.75, 3.05) is 0 Å². The highest BCUT2D eigenvalue weighted by molar-refractivity contribution is 5.97. The Morgan fingerprint density at radius 2 is 1.13 bits per heavy atom. The van der Waals surface area contributed by atoms with Gasteiger partial charge in [0, 0.05) is 0 Å². The Labute approximate surface area is 80.2 Å². The second-order valence-electron chi connectivity index (χ2n) is 2.46. The second-order valence-corrected chi connectivity index (χ2v) is 2.46. The molecule has 0 aliphatic carbocycles. The lowest BCUT2D eigenvalue weighted by atomic mass is 10.1. The molecule has 0 heterocycles. The maximum Gasteiger partial charge on any atom is 0.200 e. The van der Waals surface area contributed by atoms with Crippen LogP contribution >= 0.6 is 0 Å². The van der Waals surface area contributed by atoms with Crippen LogP contribution in [0.5, 0.6) is 0 Å². The van der Waals surface area contributed by atoms with Crippen LogP contribution < -0.4 is 11.6 Å². The molecule has 82 valence electrons. The van der Waals surface area contributed by atoms with E-state index < -0.39 is 40.5 Å². The molecule has 3 nitrogen and oxygen atoms in total. The van der Waals surface area contributed by atoms with Gasteiger partial charge in [-0.1, -0.05) is 0 Å². The molecule has 8 heteroatoms. The van der Waals surface area contributed by atoms with E-state index in [1.165, 1.54) is 0 Å². The topological polar surface area (TPSA) is 64.4 Å². The molecule has 1 aromatic rings. The summed E-state index contributed by atoms with van der Waals surface area (Å²) in [6.45, 7) is 0. The van der Waals surface area contributed by atoms with E-state index in [0.717, 1.165) is 0 Å². The van der Waals surface area contributed by atoms with E-state index in [9.17, 15) is 22.0 Å². The van der Waals surface area contributed by atoms with E-state index in [0.29, 0.717) is 0 Å². The van der Waals surface area contributed by atoms with E-state index in [1.807, 2.05) is 0 Å². The van der Waals surface area contributed by atoms with Crippen LogP contribution in [0.15, 0.2) is 5.10 Å². The number of hydrogen-bond acceptors (Lipinski definition) is 2. The van der Waals surface area contributed by atoms with Crippen molar-refractivity contribution in [1.82, 2.24) is 0 Å². The Balaban J connectivity index is 3.67. The zero-order valence-electron chi connectivity index (χ0n) is 6.99. The Morgan fingerprint density at radius 1 is 0.800 bits per heavy atom. The first-order valence-electron chi connectivity index (χ1n) is 3.47. The van der Waals surface area contributed by atoms with Crippen LogP contribution in [0, 0.1) is 29.1 Å². The number of rotatable bonds is 1. The summed E-state index contributed by atoms with van der Waals surface area (Å²) in [5.74, 6) is -7.02. The predicted octanol–water partition coefficient (Wildman–Crippen LogP) is 0.961. The third-order valence-corrected chi connectivity index (χ3v) is 1.61. The highest BCUT2D eigenvalue weighted by Gasteiger charge is 2.27. The van der Waals surface area contributed by atoms with Gasteiger partial charge in [-0.15, -0.1) is 0 Å². The van der Waals surface area contributed by atoms with Crippen LogP contribution in [0.25, 0.3) is 0 Å².